The van der Waals surface area contributed by atoms with E-state index in [0.29, 0.717) is 23.8 Å². The first kappa shape index (κ1) is 25.7. The Labute approximate surface area is 209 Å². The van der Waals surface area contributed by atoms with Crippen LogP contribution in [-0.4, -0.2) is 6.61 Å². The Balaban J connectivity index is 1.36. The summed E-state index contributed by atoms with van der Waals surface area (Å²) in [5, 5.41) is 1.42. The third-order valence-corrected chi connectivity index (χ3v) is 6.46. The first-order valence-electron chi connectivity index (χ1n) is 12.4. The van der Waals surface area contributed by atoms with Crippen molar-refractivity contribution in [3.8, 4) is 5.75 Å². The highest BCUT2D eigenvalue weighted by molar-refractivity contribution is 5.84. The largest absolute Gasteiger partial charge is 0.494 e. The van der Waals surface area contributed by atoms with Gasteiger partial charge in [0.15, 0.2) is 0 Å². The summed E-state index contributed by atoms with van der Waals surface area (Å²) in [5.74, 6) is 0.632. The van der Waals surface area contributed by atoms with Crippen LogP contribution in [-0.2, 0) is 31.9 Å². The van der Waals surface area contributed by atoms with E-state index in [1.165, 1.54) is 17.7 Å². The molecule has 4 aromatic carbocycles. The molecule has 0 aliphatic rings. The zero-order valence-electron chi connectivity index (χ0n) is 20.4. The molecule has 4 rings (SSSR count). The van der Waals surface area contributed by atoms with Gasteiger partial charge in [0.2, 0.25) is 0 Å². The van der Waals surface area contributed by atoms with Gasteiger partial charge in [-0.2, -0.15) is 13.2 Å². The van der Waals surface area contributed by atoms with Crippen molar-refractivity contribution in [3.05, 3.63) is 112 Å². The van der Waals surface area contributed by atoms with E-state index in [-0.39, 0.29) is 5.82 Å². The van der Waals surface area contributed by atoms with Gasteiger partial charge >= 0.3 is 6.18 Å². The zero-order chi connectivity index (χ0) is 25.5. The SMILES string of the molecule is CCCCOc1ccc(CCc2ccc3c(F)c(CCc4ccc(C(F)(F)F)cc4)ccc3c2)cc1. The van der Waals surface area contributed by atoms with Crippen LogP contribution >= 0.6 is 0 Å². The van der Waals surface area contributed by atoms with E-state index in [9.17, 15) is 13.2 Å². The number of unbranched alkanes of at least 4 members (excludes halogenated alkanes) is 1. The summed E-state index contributed by atoms with van der Waals surface area (Å²) in [4.78, 5) is 0. The average Bonchev–Trinajstić information content (AvgIpc) is 2.88. The molecule has 0 bridgehead atoms. The van der Waals surface area contributed by atoms with Crippen molar-refractivity contribution in [2.45, 2.75) is 51.6 Å². The van der Waals surface area contributed by atoms with Gasteiger partial charge in [-0.1, -0.05) is 67.9 Å². The predicted octanol–water partition coefficient (Wildman–Crippen LogP) is 8.75. The van der Waals surface area contributed by atoms with Crippen LogP contribution in [0.15, 0.2) is 78.9 Å². The van der Waals surface area contributed by atoms with Crippen molar-refractivity contribution in [2.75, 3.05) is 6.61 Å². The second-order valence-electron chi connectivity index (χ2n) is 9.13. The number of alkyl halides is 3. The highest BCUT2D eigenvalue weighted by atomic mass is 19.4. The molecule has 0 aromatic heterocycles. The fraction of sp³-hybridized carbons (Fsp3) is 0.290. The minimum Gasteiger partial charge on any atom is -0.494 e. The third-order valence-electron chi connectivity index (χ3n) is 6.46. The molecular formula is C31H30F4O. The van der Waals surface area contributed by atoms with E-state index in [1.54, 1.807) is 6.07 Å². The smallest absolute Gasteiger partial charge is 0.416 e. The molecule has 0 fully saturated rings. The first-order chi connectivity index (χ1) is 17.3. The molecule has 0 aliphatic carbocycles. The predicted molar refractivity (Wildman–Crippen MR) is 137 cm³/mol. The molecule has 36 heavy (non-hydrogen) atoms. The molecule has 0 saturated carbocycles. The minimum absolute atomic E-state index is 0.260. The molecule has 1 nitrogen and oxygen atoms in total. The van der Waals surface area contributed by atoms with Crippen LogP contribution in [0.3, 0.4) is 0 Å². The Morgan fingerprint density at radius 3 is 1.97 bits per heavy atom. The van der Waals surface area contributed by atoms with E-state index >= 15 is 4.39 Å². The van der Waals surface area contributed by atoms with Crippen LogP contribution in [0.2, 0.25) is 0 Å². The minimum atomic E-state index is -4.35. The molecule has 0 N–H and O–H groups in total. The van der Waals surface area contributed by atoms with Gasteiger partial charge in [0, 0.05) is 5.39 Å². The Kier molecular flexibility index (Phi) is 8.29. The Morgan fingerprint density at radius 2 is 1.31 bits per heavy atom. The maximum atomic E-state index is 15.2. The molecule has 0 heterocycles. The van der Waals surface area contributed by atoms with E-state index in [0.717, 1.165) is 66.7 Å². The summed E-state index contributed by atoms with van der Waals surface area (Å²) < 4.78 is 59.1. The van der Waals surface area contributed by atoms with Gasteiger partial charge in [0.25, 0.3) is 0 Å². The van der Waals surface area contributed by atoms with E-state index < -0.39 is 11.7 Å². The molecule has 0 radical (unpaired) electrons. The summed E-state index contributed by atoms with van der Waals surface area (Å²) in [6, 6.07) is 22.8. The fourth-order valence-electron chi connectivity index (χ4n) is 4.25. The molecule has 4 aromatic rings. The van der Waals surface area contributed by atoms with Gasteiger partial charge in [-0.25, -0.2) is 4.39 Å². The lowest BCUT2D eigenvalue weighted by Gasteiger charge is -2.10. The molecule has 0 amide bonds. The van der Waals surface area contributed by atoms with Crippen LogP contribution in [0.4, 0.5) is 17.6 Å². The maximum Gasteiger partial charge on any atom is 0.416 e. The molecule has 0 atom stereocenters. The highest BCUT2D eigenvalue weighted by Crippen LogP contribution is 2.29. The number of ether oxygens (including phenoxy) is 1. The van der Waals surface area contributed by atoms with Crippen molar-refractivity contribution in [1.82, 2.24) is 0 Å². The summed E-state index contributed by atoms with van der Waals surface area (Å²) in [7, 11) is 0. The zero-order valence-corrected chi connectivity index (χ0v) is 20.4. The molecule has 0 aliphatic heterocycles. The van der Waals surface area contributed by atoms with Gasteiger partial charge in [0.05, 0.1) is 12.2 Å². The number of halogens is 4. The van der Waals surface area contributed by atoms with Gasteiger partial charge in [-0.15, -0.1) is 0 Å². The number of benzene rings is 4. The van der Waals surface area contributed by atoms with Gasteiger partial charge in [0.1, 0.15) is 11.6 Å². The van der Waals surface area contributed by atoms with Gasteiger partial charge < -0.3 is 4.74 Å². The lowest BCUT2D eigenvalue weighted by molar-refractivity contribution is -0.137. The quantitative estimate of drug-likeness (QED) is 0.158. The second kappa shape index (κ2) is 11.6. The van der Waals surface area contributed by atoms with Crippen molar-refractivity contribution in [2.24, 2.45) is 0 Å². The Bertz CT molecular complexity index is 1280. The molecular weight excluding hydrogens is 464 g/mol. The molecule has 0 spiro atoms. The van der Waals surface area contributed by atoms with Crippen molar-refractivity contribution < 1.29 is 22.3 Å². The van der Waals surface area contributed by atoms with Crippen molar-refractivity contribution in [1.29, 1.82) is 0 Å². The number of hydrogen-bond acceptors (Lipinski definition) is 1. The fourth-order valence-corrected chi connectivity index (χ4v) is 4.25. The summed E-state index contributed by atoms with van der Waals surface area (Å²) in [5.41, 5.74) is 3.01. The van der Waals surface area contributed by atoms with Crippen LogP contribution in [0.5, 0.6) is 5.75 Å². The van der Waals surface area contributed by atoms with Crippen LogP contribution in [0.1, 0.15) is 47.6 Å². The first-order valence-corrected chi connectivity index (χ1v) is 12.4. The normalized spacial score (nSPS) is 11.7. The summed E-state index contributed by atoms with van der Waals surface area (Å²) in [6.07, 6.45) is 0.434. The number of fused-ring (bicyclic) bond motifs is 1. The van der Waals surface area contributed by atoms with Crippen LogP contribution in [0.25, 0.3) is 10.8 Å². The number of aryl methyl sites for hydroxylation is 4. The van der Waals surface area contributed by atoms with Gasteiger partial charge in [-0.05, 0) is 84.0 Å². The molecule has 5 heteroatoms. The lowest BCUT2D eigenvalue weighted by Crippen LogP contribution is -2.04. The third kappa shape index (κ3) is 6.66. The highest BCUT2D eigenvalue weighted by Gasteiger charge is 2.29. The Hall–Kier alpha value is -3.34. The molecule has 0 saturated heterocycles. The average molecular weight is 495 g/mol. The van der Waals surface area contributed by atoms with E-state index in [4.69, 9.17) is 4.74 Å². The van der Waals surface area contributed by atoms with Crippen molar-refractivity contribution >= 4 is 10.8 Å². The van der Waals surface area contributed by atoms with Crippen molar-refractivity contribution in [3.63, 3.8) is 0 Å². The lowest BCUT2D eigenvalue weighted by atomic mass is 9.97. The van der Waals surface area contributed by atoms with E-state index in [2.05, 4.69) is 19.1 Å². The number of rotatable bonds is 10. The topological polar surface area (TPSA) is 9.23 Å². The monoisotopic (exact) mass is 494 g/mol. The molecule has 0 unspecified atom stereocenters. The Morgan fingerprint density at radius 1 is 0.694 bits per heavy atom. The summed E-state index contributed by atoms with van der Waals surface area (Å²) >= 11 is 0. The second-order valence-corrected chi connectivity index (χ2v) is 9.13. The van der Waals surface area contributed by atoms with E-state index in [1.807, 2.05) is 36.4 Å². The standard InChI is InChI=1S/C31H30F4O/c1-2-3-20-36-28-17-9-22(10-18-28)4-5-24-11-19-29-26(21-24)14-13-25(30(29)32)12-6-23-7-15-27(16-8-23)31(33,34)35/h7-11,13-19,21H,2-6,12,20H2,1H3. The maximum absolute atomic E-state index is 15.2. The van der Waals surface area contributed by atoms with Crippen LogP contribution < -0.4 is 4.74 Å². The summed E-state index contributed by atoms with van der Waals surface area (Å²) in [6.45, 7) is 2.87. The van der Waals surface area contributed by atoms with Gasteiger partial charge in [-0.3, -0.25) is 0 Å². The van der Waals surface area contributed by atoms with Crippen LogP contribution in [0, 0.1) is 5.82 Å². The molecule has 188 valence electrons. The number of hydrogen-bond donors (Lipinski definition) is 0.